The molecule has 17 heavy (non-hydrogen) atoms. The molecule has 2 nitrogen and oxygen atoms in total. The summed E-state index contributed by atoms with van der Waals surface area (Å²) in [6, 6.07) is 7.89. The zero-order valence-electron chi connectivity index (χ0n) is 9.37. The Labute approximate surface area is 114 Å². The molecule has 0 spiro atoms. The van der Waals surface area contributed by atoms with Crippen LogP contribution in [0, 0.1) is 6.92 Å². The van der Waals surface area contributed by atoms with Crippen molar-refractivity contribution in [3.05, 3.63) is 57.3 Å². The number of hydrogen-bond donors (Lipinski definition) is 1. The molecule has 2 rings (SSSR count). The van der Waals surface area contributed by atoms with Crippen LogP contribution in [0.2, 0.25) is 5.02 Å². The van der Waals surface area contributed by atoms with Gasteiger partial charge in [0, 0.05) is 34.1 Å². The fraction of sp³-hybridized carbons (Fsp3) is 0.154. The van der Waals surface area contributed by atoms with Gasteiger partial charge in [0.25, 0.3) is 0 Å². The van der Waals surface area contributed by atoms with E-state index in [0.29, 0.717) is 0 Å². The molecule has 2 aromatic rings. The summed E-state index contributed by atoms with van der Waals surface area (Å²) < 4.78 is 0.986. The van der Waals surface area contributed by atoms with Crippen LogP contribution >= 0.6 is 27.5 Å². The summed E-state index contributed by atoms with van der Waals surface area (Å²) >= 11 is 9.46. The van der Waals surface area contributed by atoms with Crippen molar-refractivity contribution in [1.29, 1.82) is 0 Å². The van der Waals surface area contributed by atoms with Crippen molar-refractivity contribution in [2.45, 2.75) is 13.5 Å². The zero-order chi connectivity index (χ0) is 12.3. The van der Waals surface area contributed by atoms with Crippen LogP contribution in [0.3, 0.4) is 0 Å². The topological polar surface area (TPSA) is 24.9 Å². The van der Waals surface area contributed by atoms with Crippen molar-refractivity contribution in [3.8, 4) is 0 Å². The highest BCUT2D eigenvalue weighted by molar-refractivity contribution is 9.10. The smallest absolute Gasteiger partial charge is 0.0455 e. The molecule has 0 bridgehead atoms. The maximum Gasteiger partial charge on any atom is 0.0455 e. The Bertz CT molecular complexity index is 529. The largest absolute Gasteiger partial charge is 0.381 e. The first kappa shape index (κ1) is 12.4. The Hall–Kier alpha value is -1.06. The molecule has 0 aliphatic carbocycles. The lowest BCUT2D eigenvalue weighted by atomic mass is 10.2. The molecule has 0 unspecified atom stereocenters. The van der Waals surface area contributed by atoms with Crippen molar-refractivity contribution in [2.24, 2.45) is 0 Å². The molecule has 1 heterocycles. The Kier molecular flexibility index (Phi) is 4.02. The second kappa shape index (κ2) is 5.52. The standard InChI is InChI=1S/C13H12BrClN2/c1-9-12(15)3-2-4-13(9)17-7-10-5-11(14)8-16-6-10/h2-6,8,17H,7H2,1H3. The SMILES string of the molecule is Cc1c(Cl)cccc1NCc1cncc(Br)c1. The van der Waals surface area contributed by atoms with Gasteiger partial charge in [-0.05, 0) is 52.2 Å². The molecule has 1 N–H and O–H groups in total. The fourth-order valence-corrected chi connectivity index (χ4v) is 2.14. The van der Waals surface area contributed by atoms with E-state index in [1.807, 2.05) is 37.4 Å². The highest BCUT2D eigenvalue weighted by Gasteiger charge is 2.01. The van der Waals surface area contributed by atoms with Gasteiger partial charge in [0.2, 0.25) is 0 Å². The van der Waals surface area contributed by atoms with Crippen LogP contribution in [-0.2, 0) is 6.54 Å². The zero-order valence-corrected chi connectivity index (χ0v) is 11.7. The third kappa shape index (κ3) is 3.20. The van der Waals surface area contributed by atoms with E-state index in [-0.39, 0.29) is 0 Å². The van der Waals surface area contributed by atoms with Crippen LogP contribution in [0.15, 0.2) is 41.1 Å². The molecule has 4 heteroatoms. The molecule has 1 aromatic heterocycles. The predicted molar refractivity (Wildman–Crippen MR) is 75.5 cm³/mol. The molecule has 0 atom stereocenters. The minimum atomic E-state index is 0.730. The summed E-state index contributed by atoms with van der Waals surface area (Å²) in [6.07, 6.45) is 3.62. The molecule has 88 valence electrons. The van der Waals surface area contributed by atoms with Gasteiger partial charge in [-0.1, -0.05) is 17.7 Å². The molecular formula is C13H12BrClN2. The number of nitrogens with zero attached hydrogens (tertiary/aromatic N) is 1. The van der Waals surface area contributed by atoms with Gasteiger partial charge >= 0.3 is 0 Å². The van der Waals surface area contributed by atoms with Crippen molar-refractivity contribution >= 4 is 33.2 Å². The number of halogens is 2. The fourth-order valence-electron chi connectivity index (χ4n) is 1.55. The van der Waals surface area contributed by atoms with Crippen LogP contribution in [-0.4, -0.2) is 4.98 Å². The number of benzene rings is 1. The first-order valence-corrected chi connectivity index (χ1v) is 6.42. The van der Waals surface area contributed by atoms with E-state index < -0.39 is 0 Å². The Morgan fingerprint density at radius 2 is 2.18 bits per heavy atom. The molecular weight excluding hydrogens is 300 g/mol. The third-order valence-corrected chi connectivity index (χ3v) is 3.36. The van der Waals surface area contributed by atoms with Crippen LogP contribution < -0.4 is 5.32 Å². The highest BCUT2D eigenvalue weighted by Crippen LogP contribution is 2.23. The molecule has 0 amide bonds. The molecule has 0 aliphatic rings. The van der Waals surface area contributed by atoms with Gasteiger partial charge in [-0.15, -0.1) is 0 Å². The molecule has 0 radical (unpaired) electrons. The summed E-state index contributed by atoms with van der Waals surface area (Å²) in [5.41, 5.74) is 3.24. The van der Waals surface area contributed by atoms with Gasteiger partial charge in [0.1, 0.15) is 0 Å². The first-order valence-electron chi connectivity index (χ1n) is 5.25. The van der Waals surface area contributed by atoms with Crippen molar-refractivity contribution < 1.29 is 0 Å². The monoisotopic (exact) mass is 310 g/mol. The quantitative estimate of drug-likeness (QED) is 0.907. The number of aromatic nitrogens is 1. The van der Waals surface area contributed by atoms with E-state index in [9.17, 15) is 0 Å². The second-order valence-corrected chi connectivity index (χ2v) is 5.10. The Balaban J connectivity index is 2.10. The minimum absolute atomic E-state index is 0.730. The third-order valence-electron chi connectivity index (χ3n) is 2.51. The maximum absolute atomic E-state index is 6.06. The van der Waals surface area contributed by atoms with Gasteiger partial charge < -0.3 is 5.32 Å². The summed E-state index contributed by atoms with van der Waals surface area (Å²) in [6.45, 7) is 2.73. The average molecular weight is 312 g/mol. The van der Waals surface area contributed by atoms with E-state index >= 15 is 0 Å². The Morgan fingerprint density at radius 3 is 2.94 bits per heavy atom. The van der Waals surface area contributed by atoms with Gasteiger partial charge in [0.15, 0.2) is 0 Å². The Morgan fingerprint density at radius 1 is 1.35 bits per heavy atom. The van der Waals surface area contributed by atoms with Gasteiger partial charge in [-0.2, -0.15) is 0 Å². The van der Waals surface area contributed by atoms with E-state index in [0.717, 1.165) is 32.9 Å². The minimum Gasteiger partial charge on any atom is -0.381 e. The van der Waals surface area contributed by atoms with Gasteiger partial charge in [0.05, 0.1) is 0 Å². The van der Waals surface area contributed by atoms with Crippen molar-refractivity contribution in [3.63, 3.8) is 0 Å². The summed E-state index contributed by atoms with van der Waals surface area (Å²) in [5.74, 6) is 0. The second-order valence-electron chi connectivity index (χ2n) is 3.78. The first-order chi connectivity index (χ1) is 8.16. The van der Waals surface area contributed by atoms with Crippen LogP contribution in [0.1, 0.15) is 11.1 Å². The van der Waals surface area contributed by atoms with E-state index in [4.69, 9.17) is 11.6 Å². The number of anilines is 1. The number of nitrogens with one attached hydrogen (secondary N) is 1. The predicted octanol–water partition coefficient (Wildman–Crippen LogP) is 4.42. The number of rotatable bonds is 3. The summed E-state index contributed by atoms with van der Waals surface area (Å²) in [7, 11) is 0. The van der Waals surface area contributed by atoms with Crippen LogP contribution in [0.25, 0.3) is 0 Å². The molecule has 1 aromatic carbocycles. The maximum atomic E-state index is 6.06. The van der Waals surface area contributed by atoms with Crippen molar-refractivity contribution in [2.75, 3.05) is 5.32 Å². The number of pyridine rings is 1. The van der Waals surface area contributed by atoms with Crippen LogP contribution in [0.5, 0.6) is 0 Å². The average Bonchev–Trinajstić information content (AvgIpc) is 2.31. The van der Waals surface area contributed by atoms with Crippen LogP contribution in [0.4, 0.5) is 5.69 Å². The normalized spacial score (nSPS) is 10.3. The molecule has 0 saturated carbocycles. The van der Waals surface area contributed by atoms with Crippen molar-refractivity contribution in [1.82, 2.24) is 4.98 Å². The lowest BCUT2D eigenvalue weighted by Gasteiger charge is -2.10. The number of hydrogen-bond acceptors (Lipinski definition) is 2. The summed E-state index contributed by atoms with van der Waals surface area (Å²) in [5, 5.41) is 4.13. The lowest BCUT2D eigenvalue weighted by Crippen LogP contribution is -2.01. The molecule has 0 fully saturated rings. The van der Waals surface area contributed by atoms with Gasteiger partial charge in [-0.25, -0.2) is 0 Å². The van der Waals surface area contributed by atoms with E-state index in [1.54, 1.807) is 6.20 Å². The highest BCUT2D eigenvalue weighted by atomic mass is 79.9. The van der Waals surface area contributed by atoms with Gasteiger partial charge in [-0.3, -0.25) is 4.98 Å². The lowest BCUT2D eigenvalue weighted by molar-refractivity contribution is 1.10. The summed E-state index contributed by atoms with van der Waals surface area (Å²) in [4.78, 5) is 4.12. The van der Waals surface area contributed by atoms with E-state index in [2.05, 4.69) is 26.2 Å². The molecule has 0 aliphatic heterocycles. The molecule has 0 saturated heterocycles. The van der Waals surface area contributed by atoms with E-state index in [1.165, 1.54) is 0 Å².